The molecular weight excluding hydrogens is 395 g/mol. The van der Waals surface area contributed by atoms with Gasteiger partial charge in [0.1, 0.15) is 5.82 Å². The second-order valence-electron chi connectivity index (χ2n) is 8.49. The van der Waals surface area contributed by atoms with Crippen LogP contribution in [0.3, 0.4) is 0 Å². The van der Waals surface area contributed by atoms with Crippen LogP contribution < -0.4 is 4.90 Å². The van der Waals surface area contributed by atoms with Crippen LogP contribution in [0.2, 0.25) is 0 Å². The van der Waals surface area contributed by atoms with Gasteiger partial charge in [0.2, 0.25) is 5.91 Å². The van der Waals surface area contributed by atoms with Crippen LogP contribution in [0.4, 0.5) is 19.0 Å². The first-order valence-corrected chi connectivity index (χ1v) is 10.9. The Morgan fingerprint density at radius 3 is 2.30 bits per heavy atom. The fraction of sp³-hybridized carbons (Fsp3) is 0.714. The predicted molar refractivity (Wildman–Crippen MR) is 108 cm³/mol. The van der Waals surface area contributed by atoms with Crippen LogP contribution in [0.15, 0.2) is 18.3 Å². The third-order valence-corrected chi connectivity index (χ3v) is 6.63. The number of aromatic nitrogens is 1. The molecule has 1 aliphatic carbocycles. The molecule has 9 heteroatoms. The summed E-state index contributed by atoms with van der Waals surface area (Å²) in [5.41, 5.74) is -0.699. The van der Waals surface area contributed by atoms with E-state index >= 15 is 0 Å². The highest BCUT2D eigenvalue weighted by atomic mass is 19.4. The van der Waals surface area contributed by atoms with Gasteiger partial charge in [-0.3, -0.25) is 14.6 Å². The molecule has 0 aromatic carbocycles. The second kappa shape index (κ2) is 9.09. The minimum absolute atomic E-state index is 0.0148. The molecular formula is C21H30F3N5O. The molecule has 0 bridgehead atoms. The molecule has 1 aromatic rings. The molecule has 2 saturated heterocycles. The van der Waals surface area contributed by atoms with Gasteiger partial charge < -0.3 is 9.80 Å². The summed E-state index contributed by atoms with van der Waals surface area (Å²) in [6.45, 7) is 5.77. The molecule has 1 aromatic heterocycles. The van der Waals surface area contributed by atoms with Crippen molar-refractivity contribution < 1.29 is 18.0 Å². The Morgan fingerprint density at radius 1 is 1.00 bits per heavy atom. The number of anilines is 1. The van der Waals surface area contributed by atoms with E-state index in [2.05, 4.69) is 9.88 Å². The van der Waals surface area contributed by atoms with E-state index < -0.39 is 11.7 Å². The lowest BCUT2D eigenvalue weighted by atomic mass is 10.2. The molecule has 0 unspecified atom stereocenters. The number of hydrogen-bond donors (Lipinski definition) is 0. The number of carbonyl (C=O) groups is 1. The highest BCUT2D eigenvalue weighted by Gasteiger charge is 2.36. The first kappa shape index (κ1) is 21.4. The number of hydrogen-bond acceptors (Lipinski definition) is 5. The zero-order valence-corrected chi connectivity index (χ0v) is 17.3. The monoisotopic (exact) mass is 425 g/mol. The van der Waals surface area contributed by atoms with Crippen LogP contribution in [0.5, 0.6) is 0 Å². The van der Waals surface area contributed by atoms with E-state index in [1.165, 1.54) is 37.9 Å². The van der Waals surface area contributed by atoms with E-state index in [0.29, 0.717) is 38.8 Å². The van der Waals surface area contributed by atoms with Crippen LogP contribution in [0, 0.1) is 0 Å². The van der Waals surface area contributed by atoms with Crippen LogP contribution in [-0.4, -0.2) is 90.5 Å². The third-order valence-electron chi connectivity index (χ3n) is 6.63. The number of nitrogens with zero attached hydrogens (tertiary/aromatic N) is 5. The first-order valence-electron chi connectivity index (χ1n) is 10.9. The molecule has 1 saturated carbocycles. The van der Waals surface area contributed by atoms with Gasteiger partial charge in [0, 0.05) is 64.6 Å². The zero-order valence-electron chi connectivity index (χ0n) is 17.3. The van der Waals surface area contributed by atoms with E-state index in [1.54, 1.807) is 4.90 Å². The van der Waals surface area contributed by atoms with Crippen molar-refractivity contribution in [2.75, 3.05) is 63.8 Å². The van der Waals surface area contributed by atoms with Crippen LogP contribution in [-0.2, 0) is 11.0 Å². The molecule has 1 amide bonds. The Morgan fingerprint density at radius 2 is 1.67 bits per heavy atom. The van der Waals surface area contributed by atoms with Gasteiger partial charge in [-0.2, -0.15) is 13.2 Å². The summed E-state index contributed by atoms with van der Waals surface area (Å²) >= 11 is 0. The predicted octanol–water partition coefficient (Wildman–Crippen LogP) is 2.31. The number of alkyl halides is 3. The molecule has 3 fully saturated rings. The first-order chi connectivity index (χ1) is 14.4. The van der Waals surface area contributed by atoms with Gasteiger partial charge >= 0.3 is 6.18 Å². The average Bonchev–Trinajstić information content (AvgIpc) is 3.29. The average molecular weight is 425 g/mol. The summed E-state index contributed by atoms with van der Waals surface area (Å²) in [6.07, 6.45) is 2.18. The standard InChI is InChI=1S/C21H30F3N5O/c22-21(23,24)18-6-3-7-25-20(18)29-10-8-26(9-11-29)16-19(30)28-14-12-27(13-15-28)17-4-1-2-5-17/h3,6-7,17H,1-2,4-5,8-16H2. The lowest BCUT2D eigenvalue weighted by Gasteiger charge is -2.40. The molecule has 2 aliphatic heterocycles. The quantitative estimate of drug-likeness (QED) is 0.741. The highest BCUT2D eigenvalue weighted by molar-refractivity contribution is 5.78. The maximum atomic E-state index is 13.3. The highest BCUT2D eigenvalue weighted by Crippen LogP contribution is 2.35. The van der Waals surface area contributed by atoms with Gasteiger partial charge in [-0.05, 0) is 25.0 Å². The Kier molecular flexibility index (Phi) is 6.48. The summed E-state index contributed by atoms with van der Waals surface area (Å²) in [4.78, 5) is 24.9. The molecule has 30 heavy (non-hydrogen) atoms. The fourth-order valence-corrected chi connectivity index (χ4v) is 4.89. The van der Waals surface area contributed by atoms with Gasteiger partial charge in [-0.25, -0.2) is 4.98 Å². The topological polar surface area (TPSA) is 42.9 Å². The third kappa shape index (κ3) is 4.88. The molecule has 0 spiro atoms. The lowest BCUT2D eigenvalue weighted by Crippen LogP contribution is -2.55. The van der Waals surface area contributed by atoms with E-state index in [-0.39, 0.29) is 11.7 Å². The van der Waals surface area contributed by atoms with E-state index in [0.717, 1.165) is 32.2 Å². The van der Waals surface area contributed by atoms with Crippen LogP contribution in [0.1, 0.15) is 31.2 Å². The Hall–Kier alpha value is -1.87. The van der Waals surface area contributed by atoms with Gasteiger partial charge in [0.05, 0.1) is 12.1 Å². The van der Waals surface area contributed by atoms with E-state index in [1.807, 2.05) is 9.80 Å². The number of carbonyl (C=O) groups excluding carboxylic acids is 1. The van der Waals surface area contributed by atoms with Gasteiger partial charge in [-0.15, -0.1) is 0 Å². The van der Waals surface area contributed by atoms with Crippen molar-refractivity contribution in [2.24, 2.45) is 0 Å². The summed E-state index contributed by atoms with van der Waals surface area (Å²) in [7, 11) is 0. The van der Waals surface area contributed by atoms with Crippen molar-refractivity contribution in [1.82, 2.24) is 19.7 Å². The summed E-state index contributed by atoms with van der Waals surface area (Å²) < 4.78 is 39.8. The van der Waals surface area contributed by atoms with Crippen molar-refractivity contribution in [3.63, 3.8) is 0 Å². The molecule has 0 atom stereocenters. The number of rotatable bonds is 4. The largest absolute Gasteiger partial charge is 0.419 e. The van der Waals surface area contributed by atoms with Crippen LogP contribution >= 0.6 is 0 Å². The normalized spacial score (nSPS) is 22.6. The second-order valence-corrected chi connectivity index (χ2v) is 8.49. The lowest BCUT2D eigenvalue weighted by molar-refractivity contribution is -0.137. The molecule has 6 nitrogen and oxygen atoms in total. The molecule has 0 radical (unpaired) electrons. The summed E-state index contributed by atoms with van der Waals surface area (Å²) in [6, 6.07) is 3.08. The van der Waals surface area contributed by atoms with Crippen molar-refractivity contribution >= 4 is 11.7 Å². The summed E-state index contributed by atoms with van der Waals surface area (Å²) in [5, 5.41) is 0. The molecule has 166 valence electrons. The smallest absolute Gasteiger partial charge is 0.354 e. The fourth-order valence-electron chi connectivity index (χ4n) is 4.89. The number of pyridine rings is 1. The van der Waals surface area contributed by atoms with Gasteiger partial charge in [0.15, 0.2) is 0 Å². The zero-order chi connectivity index (χ0) is 21.1. The minimum atomic E-state index is -4.42. The summed E-state index contributed by atoms with van der Waals surface area (Å²) in [5.74, 6) is 0.113. The number of amides is 1. The van der Waals surface area contributed by atoms with E-state index in [9.17, 15) is 18.0 Å². The number of halogens is 3. The maximum absolute atomic E-state index is 13.3. The SMILES string of the molecule is O=C(CN1CCN(c2ncccc2C(F)(F)F)CC1)N1CCN(C2CCCC2)CC1. The van der Waals surface area contributed by atoms with E-state index in [4.69, 9.17) is 0 Å². The molecule has 4 rings (SSSR count). The van der Waals surface area contributed by atoms with Gasteiger partial charge in [-0.1, -0.05) is 12.8 Å². The minimum Gasteiger partial charge on any atom is -0.354 e. The van der Waals surface area contributed by atoms with Gasteiger partial charge in [0.25, 0.3) is 0 Å². The molecule has 3 aliphatic rings. The van der Waals surface area contributed by atoms with Crippen molar-refractivity contribution in [3.05, 3.63) is 23.9 Å². The maximum Gasteiger partial charge on any atom is 0.419 e. The molecule has 3 heterocycles. The molecule has 0 N–H and O–H groups in total. The van der Waals surface area contributed by atoms with Crippen molar-refractivity contribution in [3.8, 4) is 0 Å². The van der Waals surface area contributed by atoms with Crippen molar-refractivity contribution in [2.45, 2.75) is 37.9 Å². The Bertz CT molecular complexity index is 722. The van der Waals surface area contributed by atoms with Crippen LogP contribution in [0.25, 0.3) is 0 Å². The van der Waals surface area contributed by atoms with Crippen molar-refractivity contribution in [1.29, 1.82) is 0 Å². The Balaban J connectivity index is 1.25. The number of piperazine rings is 2. The Labute approximate surface area is 175 Å².